The van der Waals surface area contributed by atoms with Crippen molar-refractivity contribution in [3.8, 4) is 0 Å². The SMILES string of the molecule is C=CC[C@H](N)c1ccc(Br)nc1. The molecule has 0 radical (unpaired) electrons. The van der Waals surface area contributed by atoms with Crippen molar-refractivity contribution in [3.05, 3.63) is 41.2 Å². The molecule has 0 saturated carbocycles. The van der Waals surface area contributed by atoms with Gasteiger partial charge in [-0.15, -0.1) is 6.58 Å². The van der Waals surface area contributed by atoms with Crippen molar-refractivity contribution < 1.29 is 0 Å². The second-order valence-electron chi connectivity index (χ2n) is 2.55. The number of nitrogens with two attached hydrogens (primary N) is 1. The number of rotatable bonds is 3. The molecule has 0 saturated heterocycles. The van der Waals surface area contributed by atoms with Crippen LogP contribution in [0.5, 0.6) is 0 Å². The molecule has 0 fully saturated rings. The van der Waals surface area contributed by atoms with E-state index in [1.165, 1.54) is 0 Å². The molecular weight excluding hydrogens is 216 g/mol. The summed E-state index contributed by atoms with van der Waals surface area (Å²) in [5, 5.41) is 0. The predicted octanol–water partition coefficient (Wildman–Crippen LogP) is 2.42. The summed E-state index contributed by atoms with van der Waals surface area (Å²) in [6, 6.07) is 3.87. The number of halogens is 1. The van der Waals surface area contributed by atoms with Crippen molar-refractivity contribution in [1.29, 1.82) is 0 Å². The van der Waals surface area contributed by atoms with E-state index < -0.39 is 0 Å². The van der Waals surface area contributed by atoms with Gasteiger partial charge in [0.1, 0.15) is 4.60 Å². The van der Waals surface area contributed by atoms with Gasteiger partial charge in [-0.25, -0.2) is 4.98 Å². The molecule has 1 atom stereocenters. The highest BCUT2D eigenvalue weighted by Crippen LogP contribution is 2.14. The minimum atomic E-state index is 0.0168. The Morgan fingerprint density at radius 2 is 2.42 bits per heavy atom. The first kappa shape index (κ1) is 9.42. The van der Waals surface area contributed by atoms with Crippen molar-refractivity contribution in [2.45, 2.75) is 12.5 Å². The first-order valence-corrected chi connectivity index (χ1v) is 4.51. The topological polar surface area (TPSA) is 38.9 Å². The molecule has 2 nitrogen and oxygen atoms in total. The summed E-state index contributed by atoms with van der Waals surface area (Å²) in [5.41, 5.74) is 6.87. The molecule has 1 heterocycles. The third-order valence-electron chi connectivity index (χ3n) is 1.60. The van der Waals surface area contributed by atoms with Crippen LogP contribution >= 0.6 is 15.9 Å². The molecule has 0 aliphatic rings. The molecule has 2 N–H and O–H groups in total. The number of pyridine rings is 1. The van der Waals surface area contributed by atoms with Crippen molar-refractivity contribution in [1.82, 2.24) is 4.98 Å². The lowest BCUT2D eigenvalue weighted by atomic mass is 10.1. The molecule has 12 heavy (non-hydrogen) atoms. The molecule has 0 aliphatic carbocycles. The van der Waals surface area contributed by atoms with Crippen LogP contribution in [0.25, 0.3) is 0 Å². The molecule has 0 spiro atoms. The summed E-state index contributed by atoms with van der Waals surface area (Å²) in [5.74, 6) is 0. The van der Waals surface area contributed by atoms with Gasteiger partial charge in [0.15, 0.2) is 0 Å². The van der Waals surface area contributed by atoms with Crippen molar-refractivity contribution >= 4 is 15.9 Å². The highest BCUT2D eigenvalue weighted by Gasteiger charge is 2.02. The number of aromatic nitrogens is 1. The molecule has 0 aromatic carbocycles. The molecule has 1 aromatic rings. The Bertz CT molecular complexity index is 256. The maximum atomic E-state index is 5.83. The van der Waals surface area contributed by atoms with E-state index >= 15 is 0 Å². The minimum Gasteiger partial charge on any atom is -0.324 e. The van der Waals surface area contributed by atoms with Crippen LogP contribution in [0.4, 0.5) is 0 Å². The van der Waals surface area contributed by atoms with Gasteiger partial charge in [0.2, 0.25) is 0 Å². The Morgan fingerprint density at radius 1 is 1.67 bits per heavy atom. The van der Waals surface area contributed by atoms with Crippen LogP contribution in [0.3, 0.4) is 0 Å². The summed E-state index contributed by atoms with van der Waals surface area (Å²) in [4.78, 5) is 4.08. The average molecular weight is 227 g/mol. The van der Waals surface area contributed by atoms with Gasteiger partial charge in [-0.1, -0.05) is 12.1 Å². The van der Waals surface area contributed by atoms with Crippen molar-refractivity contribution in [2.75, 3.05) is 0 Å². The van der Waals surface area contributed by atoms with Gasteiger partial charge in [0, 0.05) is 12.2 Å². The van der Waals surface area contributed by atoms with E-state index in [1.807, 2.05) is 18.2 Å². The zero-order valence-corrected chi connectivity index (χ0v) is 8.29. The molecule has 64 valence electrons. The monoisotopic (exact) mass is 226 g/mol. The largest absolute Gasteiger partial charge is 0.324 e. The van der Waals surface area contributed by atoms with Gasteiger partial charge >= 0.3 is 0 Å². The van der Waals surface area contributed by atoms with Gasteiger partial charge in [-0.2, -0.15) is 0 Å². The molecule has 1 aromatic heterocycles. The highest BCUT2D eigenvalue weighted by atomic mass is 79.9. The average Bonchev–Trinajstić information content (AvgIpc) is 2.06. The molecule has 3 heteroatoms. The van der Waals surface area contributed by atoms with E-state index in [1.54, 1.807) is 6.20 Å². The van der Waals surface area contributed by atoms with Crippen LogP contribution < -0.4 is 5.73 Å². The van der Waals surface area contributed by atoms with E-state index in [0.717, 1.165) is 16.6 Å². The lowest BCUT2D eigenvalue weighted by molar-refractivity contribution is 0.737. The normalized spacial score (nSPS) is 12.5. The van der Waals surface area contributed by atoms with E-state index in [-0.39, 0.29) is 6.04 Å². The molecule has 0 amide bonds. The zero-order chi connectivity index (χ0) is 8.97. The minimum absolute atomic E-state index is 0.0168. The Labute approximate surface area is 80.6 Å². The van der Waals surface area contributed by atoms with E-state index in [4.69, 9.17) is 5.73 Å². The van der Waals surface area contributed by atoms with Crippen LogP contribution in [0.2, 0.25) is 0 Å². The molecule has 0 bridgehead atoms. The van der Waals surface area contributed by atoms with E-state index in [2.05, 4.69) is 27.5 Å². The Hall–Kier alpha value is -0.670. The summed E-state index contributed by atoms with van der Waals surface area (Å²) >= 11 is 3.26. The summed E-state index contributed by atoms with van der Waals surface area (Å²) in [7, 11) is 0. The third-order valence-corrected chi connectivity index (χ3v) is 2.07. The van der Waals surface area contributed by atoms with Gasteiger partial charge in [-0.3, -0.25) is 0 Å². The fourth-order valence-electron chi connectivity index (χ4n) is 0.922. The quantitative estimate of drug-likeness (QED) is 0.636. The van der Waals surface area contributed by atoms with Gasteiger partial charge in [0.05, 0.1) is 0 Å². The number of nitrogens with zero attached hydrogens (tertiary/aromatic N) is 1. The fourth-order valence-corrected chi connectivity index (χ4v) is 1.16. The maximum Gasteiger partial charge on any atom is 0.106 e. The molecular formula is C9H11BrN2. The summed E-state index contributed by atoms with van der Waals surface area (Å²) in [6.07, 6.45) is 4.37. The predicted molar refractivity (Wildman–Crippen MR) is 53.7 cm³/mol. The van der Waals surface area contributed by atoms with Gasteiger partial charge in [0.25, 0.3) is 0 Å². The van der Waals surface area contributed by atoms with E-state index in [9.17, 15) is 0 Å². The Balaban J connectivity index is 2.74. The van der Waals surface area contributed by atoms with Crippen LogP contribution in [0.15, 0.2) is 35.6 Å². The molecule has 0 aliphatic heterocycles. The Morgan fingerprint density at radius 3 is 2.92 bits per heavy atom. The zero-order valence-electron chi connectivity index (χ0n) is 6.70. The summed E-state index contributed by atoms with van der Waals surface area (Å²) < 4.78 is 0.831. The Kier molecular flexibility index (Phi) is 3.44. The van der Waals surface area contributed by atoms with Crippen LogP contribution in [0.1, 0.15) is 18.0 Å². The summed E-state index contributed by atoms with van der Waals surface area (Å²) in [6.45, 7) is 3.63. The first-order chi connectivity index (χ1) is 5.74. The third kappa shape index (κ3) is 2.43. The molecule has 0 unspecified atom stereocenters. The van der Waals surface area contributed by atoms with Crippen LogP contribution in [-0.2, 0) is 0 Å². The van der Waals surface area contributed by atoms with E-state index in [0.29, 0.717) is 0 Å². The molecule has 1 rings (SSSR count). The lowest BCUT2D eigenvalue weighted by Crippen LogP contribution is -2.08. The van der Waals surface area contributed by atoms with Crippen molar-refractivity contribution in [2.24, 2.45) is 5.73 Å². The van der Waals surface area contributed by atoms with Gasteiger partial charge < -0.3 is 5.73 Å². The smallest absolute Gasteiger partial charge is 0.106 e. The fraction of sp³-hybridized carbons (Fsp3) is 0.222. The van der Waals surface area contributed by atoms with Crippen molar-refractivity contribution in [3.63, 3.8) is 0 Å². The highest BCUT2D eigenvalue weighted by molar-refractivity contribution is 9.10. The second kappa shape index (κ2) is 4.38. The standard InChI is InChI=1S/C9H11BrN2/c1-2-3-8(11)7-4-5-9(10)12-6-7/h2,4-6,8H,1,3,11H2/t8-/m0/s1. The first-order valence-electron chi connectivity index (χ1n) is 3.72. The van der Waals surface area contributed by atoms with Crippen LogP contribution in [-0.4, -0.2) is 4.98 Å². The maximum absolute atomic E-state index is 5.83. The number of hydrogen-bond donors (Lipinski definition) is 1. The van der Waals surface area contributed by atoms with Gasteiger partial charge in [-0.05, 0) is 34.0 Å². The lowest BCUT2D eigenvalue weighted by Gasteiger charge is -2.07. The second-order valence-corrected chi connectivity index (χ2v) is 3.36. The number of hydrogen-bond acceptors (Lipinski definition) is 2. The van der Waals surface area contributed by atoms with Crippen LogP contribution in [0, 0.1) is 0 Å².